The van der Waals surface area contributed by atoms with Crippen LogP contribution in [0.2, 0.25) is 0 Å². The summed E-state index contributed by atoms with van der Waals surface area (Å²) in [5.74, 6) is -0.832. The summed E-state index contributed by atoms with van der Waals surface area (Å²) >= 11 is 3.39. The largest absolute Gasteiger partial charge is 0.458 e. The number of halogens is 1. The summed E-state index contributed by atoms with van der Waals surface area (Å²) in [5, 5.41) is 11.2. The van der Waals surface area contributed by atoms with Gasteiger partial charge in [0.1, 0.15) is 11.5 Å². The van der Waals surface area contributed by atoms with Crippen LogP contribution in [-0.2, 0) is 19.1 Å². The Morgan fingerprint density at radius 3 is 2.50 bits per heavy atom. The Morgan fingerprint density at radius 2 is 1.79 bits per heavy atom. The molecule has 8 atom stereocenters. The minimum atomic E-state index is -1.32. The van der Waals surface area contributed by atoms with Crippen LogP contribution >= 0.6 is 15.9 Å². The zero-order valence-electron chi connectivity index (χ0n) is 19.9. The van der Waals surface area contributed by atoms with Gasteiger partial charge in [0.05, 0.1) is 16.6 Å². The van der Waals surface area contributed by atoms with Gasteiger partial charge in [-0.3, -0.25) is 9.59 Å². The molecule has 2 spiro atoms. The number of aliphatic hydroxyl groups is 1. The van der Waals surface area contributed by atoms with E-state index in [9.17, 15) is 19.5 Å². The molecular formula is C27H31BrO6. The van der Waals surface area contributed by atoms with Crippen molar-refractivity contribution in [2.45, 2.75) is 83.0 Å². The number of rotatable bonds is 2. The summed E-state index contributed by atoms with van der Waals surface area (Å²) in [6.45, 7) is 5.61. The Morgan fingerprint density at radius 1 is 1.09 bits per heavy atom. The molecule has 1 saturated heterocycles. The minimum absolute atomic E-state index is 0.0187. The molecule has 6 nitrogen and oxygen atoms in total. The molecule has 0 radical (unpaired) electrons. The van der Waals surface area contributed by atoms with Gasteiger partial charge >= 0.3 is 11.9 Å². The van der Waals surface area contributed by atoms with Crippen LogP contribution in [0.25, 0.3) is 0 Å². The van der Waals surface area contributed by atoms with E-state index in [1.54, 1.807) is 31.2 Å². The third-order valence-corrected chi connectivity index (χ3v) is 11.0. The van der Waals surface area contributed by atoms with Gasteiger partial charge in [-0.05, 0) is 93.9 Å². The molecule has 5 aliphatic rings. The quantitative estimate of drug-likeness (QED) is 0.443. The van der Waals surface area contributed by atoms with Crippen molar-refractivity contribution in [3.05, 3.63) is 34.3 Å². The average Bonchev–Trinajstić information content (AvgIpc) is 3.18. The van der Waals surface area contributed by atoms with Crippen LogP contribution in [0.1, 0.15) is 76.1 Å². The lowest BCUT2D eigenvalue weighted by molar-refractivity contribution is -0.180. The normalized spacial score (nSPS) is 48.7. The Balaban J connectivity index is 1.47. The smallest absolute Gasteiger partial charge is 0.338 e. The van der Waals surface area contributed by atoms with Crippen LogP contribution in [0.15, 0.2) is 28.7 Å². The van der Waals surface area contributed by atoms with Gasteiger partial charge in [-0.15, -0.1) is 0 Å². The molecule has 5 fully saturated rings. The summed E-state index contributed by atoms with van der Waals surface area (Å²) in [6, 6.07) is 7.03. The molecule has 7 heteroatoms. The summed E-state index contributed by atoms with van der Waals surface area (Å²) in [7, 11) is 0. The van der Waals surface area contributed by atoms with E-state index in [0.717, 1.165) is 23.7 Å². The van der Waals surface area contributed by atoms with Crippen LogP contribution in [-0.4, -0.2) is 40.1 Å². The number of ether oxygens (including phenoxy) is 2. The highest BCUT2D eigenvalue weighted by atomic mass is 79.9. The Labute approximate surface area is 207 Å². The predicted molar refractivity (Wildman–Crippen MR) is 126 cm³/mol. The summed E-state index contributed by atoms with van der Waals surface area (Å²) in [5.41, 5.74) is -4.04. The first-order valence-corrected chi connectivity index (χ1v) is 13.1. The first kappa shape index (κ1) is 22.7. The molecule has 6 rings (SSSR count). The number of Topliss-reactive ketones (excluding diaryl/α,β-unsaturated/α-hetero) is 1. The van der Waals surface area contributed by atoms with Crippen LogP contribution < -0.4 is 0 Å². The molecule has 1 aliphatic heterocycles. The molecule has 1 N–H and O–H groups in total. The van der Waals surface area contributed by atoms with Gasteiger partial charge < -0.3 is 14.6 Å². The van der Waals surface area contributed by atoms with Gasteiger partial charge in [0.2, 0.25) is 0 Å². The molecule has 1 heterocycles. The van der Waals surface area contributed by atoms with E-state index in [1.165, 1.54) is 0 Å². The molecule has 0 aromatic heterocycles. The van der Waals surface area contributed by atoms with E-state index in [0.29, 0.717) is 31.2 Å². The Kier molecular flexibility index (Phi) is 4.49. The zero-order valence-corrected chi connectivity index (χ0v) is 21.4. The molecular weight excluding hydrogens is 500 g/mol. The van der Waals surface area contributed by atoms with E-state index in [-0.39, 0.29) is 23.0 Å². The number of hydrogen-bond acceptors (Lipinski definition) is 6. The summed E-state index contributed by atoms with van der Waals surface area (Å²) in [4.78, 5) is 40.5. The van der Waals surface area contributed by atoms with E-state index in [4.69, 9.17) is 9.47 Å². The lowest BCUT2D eigenvalue weighted by Crippen LogP contribution is -2.57. The van der Waals surface area contributed by atoms with E-state index in [2.05, 4.69) is 15.9 Å². The van der Waals surface area contributed by atoms with Crippen molar-refractivity contribution in [1.29, 1.82) is 0 Å². The SMILES string of the molecule is C[C@]12CC[C@H](OC(=O)c3ccc(Br)cc3)[C@@]3(C)[C@@H]4CC[C@@H]5C[C@@]4(C[C@@]5(C)O)C[C@@]3(OC1=O)C2=O. The molecule has 1 aromatic carbocycles. The highest BCUT2D eigenvalue weighted by molar-refractivity contribution is 9.10. The van der Waals surface area contributed by atoms with Crippen molar-refractivity contribution in [2.75, 3.05) is 0 Å². The van der Waals surface area contributed by atoms with Crippen molar-refractivity contribution in [3.8, 4) is 0 Å². The zero-order chi connectivity index (χ0) is 24.3. The molecule has 34 heavy (non-hydrogen) atoms. The van der Waals surface area contributed by atoms with Gasteiger partial charge in [0.25, 0.3) is 0 Å². The van der Waals surface area contributed by atoms with Gasteiger partial charge in [-0.25, -0.2) is 4.79 Å². The number of hydrogen-bond donors (Lipinski definition) is 1. The monoisotopic (exact) mass is 530 g/mol. The third kappa shape index (κ3) is 2.58. The first-order chi connectivity index (χ1) is 15.9. The van der Waals surface area contributed by atoms with Crippen LogP contribution in [0, 0.1) is 28.1 Å². The average molecular weight is 531 g/mol. The van der Waals surface area contributed by atoms with Crippen molar-refractivity contribution >= 4 is 33.7 Å². The van der Waals surface area contributed by atoms with E-state index < -0.39 is 40.1 Å². The van der Waals surface area contributed by atoms with Gasteiger partial charge in [-0.1, -0.05) is 22.9 Å². The number of benzene rings is 1. The van der Waals surface area contributed by atoms with E-state index in [1.807, 2.05) is 13.8 Å². The van der Waals surface area contributed by atoms with Gasteiger partial charge in [-0.2, -0.15) is 0 Å². The predicted octanol–water partition coefficient (Wildman–Crippen LogP) is 4.61. The molecule has 1 aromatic rings. The standard InChI is InChI=1S/C27H31BrO6/c1-23-11-10-19(33-20(29)15-4-7-17(28)8-5-15)25(3)18-9-6-16-12-26(18,13-24(16,2)32)14-27(25,21(23)30)34-22(23)31/h4-5,7-8,16,18-19,32H,6,9-14H2,1-3H3/t16-,18+,19+,23-,24-,25-,26-,27-/m1/s1. The fourth-order valence-corrected chi connectivity index (χ4v) is 9.13. The van der Waals surface area contributed by atoms with Crippen molar-refractivity contribution in [3.63, 3.8) is 0 Å². The van der Waals surface area contributed by atoms with Gasteiger partial charge in [0.15, 0.2) is 11.4 Å². The highest BCUT2D eigenvalue weighted by Crippen LogP contribution is 2.77. The molecule has 4 bridgehead atoms. The number of ketones is 1. The lowest BCUT2D eigenvalue weighted by Gasteiger charge is -2.48. The molecule has 0 amide bonds. The fraction of sp³-hybridized carbons (Fsp3) is 0.667. The Bertz CT molecular complexity index is 1110. The van der Waals surface area contributed by atoms with Crippen LogP contribution in [0.3, 0.4) is 0 Å². The highest BCUT2D eigenvalue weighted by Gasteiger charge is 2.83. The maximum Gasteiger partial charge on any atom is 0.338 e. The Hall–Kier alpha value is -1.73. The second kappa shape index (κ2) is 6.73. The van der Waals surface area contributed by atoms with Crippen LogP contribution in [0.5, 0.6) is 0 Å². The topological polar surface area (TPSA) is 89.9 Å². The minimum Gasteiger partial charge on any atom is -0.458 e. The first-order valence-electron chi connectivity index (χ1n) is 12.4. The maximum atomic E-state index is 14.1. The molecule has 4 saturated carbocycles. The molecule has 182 valence electrons. The number of carbonyl (C=O) groups is 3. The number of esters is 2. The maximum absolute atomic E-state index is 14.1. The third-order valence-electron chi connectivity index (χ3n) is 10.5. The summed E-state index contributed by atoms with van der Waals surface area (Å²) in [6.07, 6.45) is 3.68. The second-order valence-corrected chi connectivity index (χ2v) is 13.1. The molecule has 0 unspecified atom stereocenters. The van der Waals surface area contributed by atoms with Crippen molar-refractivity contribution in [2.24, 2.45) is 28.1 Å². The second-order valence-electron chi connectivity index (χ2n) is 12.2. The number of fused-ring (bicyclic) bond motifs is 3. The van der Waals surface area contributed by atoms with Crippen LogP contribution in [0.4, 0.5) is 0 Å². The lowest BCUT2D eigenvalue weighted by atomic mass is 9.59. The fourth-order valence-electron chi connectivity index (χ4n) is 8.86. The molecule has 4 aliphatic carbocycles. The number of carbonyl (C=O) groups excluding carboxylic acids is 3. The van der Waals surface area contributed by atoms with Crippen molar-refractivity contribution < 1.29 is 29.0 Å². The van der Waals surface area contributed by atoms with Crippen molar-refractivity contribution in [1.82, 2.24) is 0 Å². The van der Waals surface area contributed by atoms with Gasteiger partial charge in [0, 0.05) is 10.9 Å². The van der Waals surface area contributed by atoms with E-state index >= 15 is 0 Å². The summed E-state index contributed by atoms with van der Waals surface area (Å²) < 4.78 is 13.3.